The summed E-state index contributed by atoms with van der Waals surface area (Å²) in [5.41, 5.74) is 0.300. The second-order valence-corrected chi connectivity index (χ2v) is 5.01. The molecule has 0 radical (unpaired) electrons. The molecule has 1 aliphatic carbocycles. The van der Waals surface area contributed by atoms with Gasteiger partial charge in [0.2, 0.25) is 0 Å². The van der Waals surface area contributed by atoms with Gasteiger partial charge in [0.05, 0.1) is 4.99 Å². The van der Waals surface area contributed by atoms with E-state index in [1.165, 1.54) is 0 Å². The molecular formula is C11H19NS. The van der Waals surface area contributed by atoms with E-state index >= 15 is 0 Å². The van der Waals surface area contributed by atoms with Crippen LogP contribution in [0.5, 0.6) is 0 Å². The maximum Gasteiger partial charge on any atom is 0.0793 e. The van der Waals surface area contributed by atoms with Crippen molar-refractivity contribution in [1.82, 2.24) is 5.32 Å². The van der Waals surface area contributed by atoms with Gasteiger partial charge in [-0.15, -0.1) is 0 Å². The lowest BCUT2D eigenvalue weighted by Gasteiger charge is -2.40. The summed E-state index contributed by atoms with van der Waals surface area (Å²) in [6, 6.07) is 0. The molecule has 0 amide bonds. The molecule has 0 saturated heterocycles. The second kappa shape index (κ2) is 3.79. The van der Waals surface area contributed by atoms with E-state index in [1.807, 2.05) is 7.05 Å². The molecule has 0 bridgehead atoms. The smallest absolute Gasteiger partial charge is 0.0793 e. The lowest BCUT2D eigenvalue weighted by molar-refractivity contribution is 0.224. The van der Waals surface area contributed by atoms with Gasteiger partial charge in [0.15, 0.2) is 0 Å². The summed E-state index contributed by atoms with van der Waals surface area (Å²) < 4.78 is 0. The van der Waals surface area contributed by atoms with E-state index in [-0.39, 0.29) is 0 Å². The van der Waals surface area contributed by atoms with Gasteiger partial charge in [-0.2, -0.15) is 0 Å². The van der Waals surface area contributed by atoms with Crippen LogP contribution in [-0.4, -0.2) is 12.0 Å². The topological polar surface area (TPSA) is 12.0 Å². The van der Waals surface area contributed by atoms with Gasteiger partial charge < -0.3 is 5.32 Å². The molecule has 2 atom stereocenters. The minimum Gasteiger partial charge on any atom is -0.382 e. The maximum atomic E-state index is 5.36. The Kier molecular flexibility index (Phi) is 3.12. The number of hydrogen-bond donors (Lipinski definition) is 1. The summed E-state index contributed by atoms with van der Waals surface area (Å²) in [6.45, 7) is 6.83. The molecule has 2 heteroatoms. The summed E-state index contributed by atoms with van der Waals surface area (Å²) in [4.78, 5) is 1.00. The van der Waals surface area contributed by atoms with Crippen LogP contribution in [0.4, 0.5) is 0 Å². The summed E-state index contributed by atoms with van der Waals surface area (Å²) in [5, 5.41) is 3.12. The Hall–Kier alpha value is -0.370. The molecule has 0 spiro atoms. The Balaban J connectivity index is 2.90. The first-order valence-electron chi connectivity index (χ1n) is 4.87. The highest BCUT2D eigenvalue weighted by atomic mass is 32.1. The largest absolute Gasteiger partial charge is 0.382 e. The number of rotatable bonds is 1. The minimum absolute atomic E-state index is 0.300. The van der Waals surface area contributed by atoms with Gasteiger partial charge in [-0.05, 0) is 17.8 Å². The molecule has 1 aliphatic rings. The quantitative estimate of drug-likeness (QED) is 0.512. The van der Waals surface area contributed by atoms with Gasteiger partial charge >= 0.3 is 0 Å². The van der Waals surface area contributed by atoms with Crippen LogP contribution in [0.3, 0.4) is 0 Å². The molecule has 74 valence electrons. The first-order chi connectivity index (χ1) is 5.99. The van der Waals surface area contributed by atoms with E-state index < -0.39 is 0 Å². The average molecular weight is 197 g/mol. The predicted molar refractivity (Wildman–Crippen MR) is 61.8 cm³/mol. The lowest BCUT2D eigenvalue weighted by Crippen LogP contribution is -2.41. The number of hydrogen-bond acceptors (Lipinski definition) is 1. The van der Waals surface area contributed by atoms with E-state index in [1.54, 1.807) is 0 Å². The fourth-order valence-corrected chi connectivity index (χ4v) is 2.82. The minimum atomic E-state index is 0.300. The third-order valence-electron chi connectivity index (χ3n) is 2.98. The van der Waals surface area contributed by atoms with Crippen molar-refractivity contribution >= 4 is 17.2 Å². The molecule has 2 unspecified atom stereocenters. The monoisotopic (exact) mass is 197 g/mol. The Morgan fingerprint density at radius 1 is 1.54 bits per heavy atom. The zero-order valence-corrected chi connectivity index (χ0v) is 9.74. The van der Waals surface area contributed by atoms with Crippen LogP contribution in [0, 0.1) is 17.3 Å². The normalized spacial score (nSPS) is 31.4. The van der Waals surface area contributed by atoms with Crippen molar-refractivity contribution in [2.75, 3.05) is 7.05 Å². The first kappa shape index (κ1) is 10.7. The third kappa shape index (κ3) is 2.11. The summed E-state index contributed by atoms with van der Waals surface area (Å²) in [5.74, 6) is 1.04. The van der Waals surface area contributed by atoms with Gasteiger partial charge in [0.1, 0.15) is 0 Å². The zero-order chi connectivity index (χ0) is 10.1. The molecule has 0 fully saturated rings. The first-order valence-corrected chi connectivity index (χ1v) is 5.28. The highest BCUT2D eigenvalue weighted by Gasteiger charge is 2.36. The molecule has 0 aromatic carbocycles. The lowest BCUT2D eigenvalue weighted by atomic mass is 9.67. The highest BCUT2D eigenvalue weighted by Crippen LogP contribution is 2.40. The number of allylic oxidation sites excluding steroid dienone is 2. The molecule has 0 saturated carbocycles. The van der Waals surface area contributed by atoms with Crippen LogP contribution in [0.25, 0.3) is 0 Å². The predicted octanol–water partition coefficient (Wildman–Crippen LogP) is 2.77. The van der Waals surface area contributed by atoms with Gasteiger partial charge in [-0.1, -0.05) is 45.1 Å². The van der Waals surface area contributed by atoms with Crippen LogP contribution in [0.2, 0.25) is 0 Å². The Labute approximate surface area is 86.6 Å². The molecule has 1 rings (SSSR count). The average Bonchev–Trinajstić information content (AvgIpc) is 2.02. The number of thiocarbonyl (C=S) groups is 1. The molecule has 1 N–H and O–H groups in total. The number of nitrogens with one attached hydrogen (secondary N) is 1. The third-order valence-corrected chi connectivity index (χ3v) is 3.44. The van der Waals surface area contributed by atoms with E-state index in [0.717, 1.165) is 11.4 Å². The fourth-order valence-electron chi connectivity index (χ4n) is 2.29. The van der Waals surface area contributed by atoms with Crippen LogP contribution < -0.4 is 5.32 Å². The summed E-state index contributed by atoms with van der Waals surface area (Å²) in [6.07, 6.45) is 5.68. The zero-order valence-electron chi connectivity index (χ0n) is 8.92. The molecule has 0 aromatic heterocycles. The van der Waals surface area contributed by atoms with Crippen molar-refractivity contribution in [2.24, 2.45) is 17.3 Å². The van der Waals surface area contributed by atoms with E-state index in [2.05, 4.69) is 38.2 Å². The molecule has 13 heavy (non-hydrogen) atoms. The fraction of sp³-hybridized carbons (Fsp3) is 0.727. The van der Waals surface area contributed by atoms with Crippen molar-refractivity contribution < 1.29 is 0 Å². The molecular weight excluding hydrogens is 178 g/mol. The van der Waals surface area contributed by atoms with Crippen molar-refractivity contribution in [3.8, 4) is 0 Å². The molecule has 1 nitrogen and oxygen atoms in total. The SMILES string of the molecule is CNC(=S)C1C(C)C=CCC1(C)C. The second-order valence-electron chi connectivity index (χ2n) is 4.57. The molecule has 0 aliphatic heterocycles. The summed E-state index contributed by atoms with van der Waals surface area (Å²) in [7, 11) is 1.92. The van der Waals surface area contributed by atoms with E-state index in [0.29, 0.717) is 17.3 Å². The van der Waals surface area contributed by atoms with E-state index in [4.69, 9.17) is 12.2 Å². The van der Waals surface area contributed by atoms with Gasteiger partial charge in [-0.25, -0.2) is 0 Å². The van der Waals surface area contributed by atoms with Crippen LogP contribution in [0.15, 0.2) is 12.2 Å². The standard InChI is InChI=1S/C11H19NS/c1-8-6-5-7-11(2,3)9(8)10(13)12-4/h5-6,8-9H,7H2,1-4H3,(H,12,13). The Bertz CT molecular complexity index is 230. The van der Waals surface area contributed by atoms with Crippen LogP contribution >= 0.6 is 12.2 Å². The van der Waals surface area contributed by atoms with Crippen molar-refractivity contribution in [3.63, 3.8) is 0 Å². The Morgan fingerprint density at radius 3 is 2.62 bits per heavy atom. The van der Waals surface area contributed by atoms with Gasteiger partial charge in [0.25, 0.3) is 0 Å². The van der Waals surface area contributed by atoms with Crippen molar-refractivity contribution in [2.45, 2.75) is 27.2 Å². The van der Waals surface area contributed by atoms with Gasteiger partial charge in [-0.3, -0.25) is 0 Å². The maximum absolute atomic E-state index is 5.36. The molecule has 0 aromatic rings. The van der Waals surface area contributed by atoms with Crippen molar-refractivity contribution in [3.05, 3.63) is 12.2 Å². The van der Waals surface area contributed by atoms with Gasteiger partial charge in [0, 0.05) is 13.0 Å². The highest BCUT2D eigenvalue weighted by molar-refractivity contribution is 7.80. The van der Waals surface area contributed by atoms with E-state index in [9.17, 15) is 0 Å². The van der Waals surface area contributed by atoms with Crippen molar-refractivity contribution in [1.29, 1.82) is 0 Å². The Morgan fingerprint density at radius 2 is 2.15 bits per heavy atom. The molecule has 0 heterocycles. The summed E-state index contributed by atoms with van der Waals surface area (Å²) >= 11 is 5.36. The van der Waals surface area contributed by atoms with Crippen LogP contribution in [-0.2, 0) is 0 Å². The van der Waals surface area contributed by atoms with Crippen LogP contribution in [0.1, 0.15) is 27.2 Å².